The maximum atomic E-state index is 12.8. The molecular formula is C25H32O6. The molecule has 0 aromatic heterocycles. The molecule has 2 rings (SSSR count). The molecule has 0 bridgehead atoms. The molecule has 0 aliphatic rings. The Hall–Kier alpha value is -2.70. The maximum absolute atomic E-state index is 12.8. The van der Waals surface area contributed by atoms with Gasteiger partial charge in [0.2, 0.25) is 0 Å². The Morgan fingerprint density at radius 1 is 0.774 bits per heavy atom. The molecule has 0 N–H and O–H groups in total. The molecule has 2 aromatic rings. The molecule has 168 valence electrons. The molecule has 0 heterocycles. The lowest BCUT2D eigenvalue weighted by atomic mass is 10.1. The topological polar surface area (TPSA) is 71.1 Å². The third-order valence-corrected chi connectivity index (χ3v) is 5.04. The lowest BCUT2D eigenvalue weighted by molar-refractivity contribution is -0.180. The van der Waals surface area contributed by atoms with Gasteiger partial charge in [0.1, 0.15) is 12.2 Å². The summed E-state index contributed by atoms with van der Waals surface area (Å²) in [5.74, 6) is -1.03. The largest absolute Gasteiger partial charge is 0.457 e. The fourth-order valence-electron chi connectivity index (χ4n) is 3.32. The van der Waals surface area contributed by atoms with Crippen molar-refractivity contribution in [3.05, 3.63) is 71.8 Å². The van der Waals surface area contributed by atoms with E-state index in [0.29, 0.717) is 17.5 Å². The van der Waals surface area contributed by atoms with Gasteiger partial charge in [-0.15, -0.1) is 0 Å². The summed E-state index contributed by atoms with van der Waals surface area (Å²) in [5, 5.41) is 0. The number of esters is 2. The summed E-state index contributed by atoms with van der Waals surface area (Å²) >= 11 is 0. The van der Waals surface area contributed by atoms with Crippen LogP contribution in [0.3, 0.4) is 0 Å². The highest BCUT2D eigenvalue weighted by Gasteiger charge is 2.31. The fraction of sp³-hybridized carbons (Fsp3) is 0.440. The molecule has 2 aromatic carbocycles. The minimum absolute atomic E-state index is 0.510. The highest BCUT2D eigenvalue weighted by Crippen LogP contribution is 2.24. The second-order valence-electron chi connectivity index (χ2n) is 7.31. The van der Waals surface area contributed by atoms with Crippen molar-refractivity contribution >= 4 is 11.9 Å². The number of hydrogen-bond donors (Lipinski definition) is 0. The van der Waals surface area contributed by atoms with Crippen LogP contribution in [0.2, 0.25) is 0 Å². The summed E-state index contributed by atoms with van der Waals surface area (Å²) in [4.78, 5) is 25.6. The van der Waals surface area contributed by atoms with Gasteiger partial charge < -0.3 is 18.9 Å². The molecule has 6 heteroatoms. The normalized spacial score (nSPS) is 14.8. The van der Waals surface area contributed by atoms with Crippen LogP contribution in [0, 0.1) is 0 Å². The predicted octanol–water partition coefficient (Wildman–Crippen LogP) is 4.80. The first-order valence-corrected chi connectivity index (χ1v) is 10.6. The summed E-state index contributed by atoms with van der Waals surface area (Å²) in [6.45, 7) is 3.78. The number of unbranched alkanes of at least 4 members (excludes halogenated alkanes) is 1. The van der Waals surface area contributed by atoms with Gasteiger partial charge >= 0.3 is 11.9 Å². The third-order valence-electron chi connectivity index (χ3n) is 5.04. The minimum Gasteiger partial charge on any atom is -0.457 e. The van der Waals surface area contributed by atoms with E-state index < -0.39 is 36.4 Å². The van der Waals surface area contributed by atoms with Gasteiger partial charge in [-0.2, -0.15) is 0 Å². The Kier molecular flexibility index (Phi) is 10.2. The number of hydrogen-bond acceptors (Lipinski definition) is 6. The van der Waals surface area contributed by atoms with Crippen molar-refractivity contribution in [1.29, 1.82) is 0 Å². The number of carbonyl (C=O) groups is 2. The molecule has 31 heavy (non-hydrogen) atoms. The molecule has 0 radical (unpaired) electrons. The first kappa shape index (κ1) is 24.6. The quantitative estimate of drug-likeness (QED) is 0.453. The lowest BCUT2D eigenvalue weighted by Gasteiger charge is -2.27. The van der Waals surface area contributed by atoms with Gasteiger partial charge in [0.05, 0.1) is 0 Å². The number of benzene rings is 2. The van der Waals surface area contributed by atoms with E-state index in [1.165, 1.54) is 14.2 Å². The average molecular weight is 429 g/mol. The van der Waals surface area contributed by atoms with E-state index in [-0.39, 0.29) is 0 Å². The van der Waals surface area contributed by atoms with E-state index in [1.807, 2.05) is 55.5 Å². The molecule has 6 nitrogen and oxygen atoms in total. The van der Waals surface area contributed by atoms with Crippen molar-refractivity contribution in [2.75, 3.05) is 14.2 Å². The average Bonchev–Trinajstić information content (AvgIpc) is 2.79. The van der Waals surface area contributed by atoms with Crippen molar-refractivity contribution in [3.63, 3.8) is 0 Å². The molecule has 0 saturated heterocycles. The molecule has 4 atom stereocenters. The molecule has 0 fully saturated rings. The number of methoxy groups -OCH3 is 2. The molecule has 0 spiro atoms. The Morgan fingerprint density at radius 3 is 1.65 bits per heavy atom. The van der Waals surface area contributed by atoms with Crippen LogP contribution in [-0.4, -0.2) is 38.4 Å². The summed E-state index contributed by atoms with van der Waals surface area (Å²) in [7, 11) is 2.92. The van der Waals surface area contributed by atoms with Crippen LogP contribution in [0.15, 0.2) is 60.7 Å². The van der Waals surface area contributed by atoms with E-state index >= 15 is 0 Å². The summed E-state index contributed by atoms with van der Waals surface area (Å²) in [6, 6.07) is 18.3. The van der Waals surface area contributed by atoms with Gasteiger partial charge in [-0.3, -0.25) is 0 Å². The van der Waals surface area contributed by atoms with E-state index in [1.54, 1.807) is 19.1 Å². The molecule has 0 aliphatic heterocycles. The first-order chi connectivity index (χ1) is 15.0. The van der Waals surface area contributed by atoms with Crippen molar-refractivity contribution in [2.24, 2.45) is 0 Å². The number of ether oxygens (including phenoxy) is 4. The zero-order chi connectivity index (χ0) is 22.6. The molecule has 0 unspecified atom stereocenters. The van der Waals surface area contributed by atoms with Crippen molar-refractivity contribution in [1.82, 2.24) is 0 Å². The van der Waals surface area contributed by atoms with Gasteiger partial charge in [0.25, 0.3) is 0 Å². The smallest absolute Gasteiger partial charge is 0.340 e. The van der Waals surface area contributed by atoms with Crippen molar-refractivity contribution in [2.45, 2.75) is 57.5 Å². The van der Waals surface area contributed by atoms with Gasteiger partial charge in [0.15, 0.2) is 12.2 Å². The molecular weight excluding hydrogens is 396 g/mol. The van der Waals surface area contributed by atoms with Crippen LogP contribution in [0.4, 0.5) is 0 Å². The first-order valence-electron chi connectivity index (χ1n) is 10.6. The Morgan fingerprint density at radius 2 is 1.23 bits per heavy atom. The van der Waals surface area contributed by atoms with Crippen molar-refractivity contribution < 1.29 is 28.5 Å². The lowest BCUT2D eigenvalue weighted by Crippen LogP contribution is -2.36. The van der Waals surface area contributed by atoms with Crippen molar-refractivity contribution in [3.8, 4) is 0 Å². The highest BCUT2D eigenvalue weighted by molar-refractivity contribution is 5.77. The molecule has 0 aliphatic carbocycles. The highest BCUT2D eigenvalue weighted by atomic mass is 16.6. The van der Waals surface area contributed by atoms with Crippen LogP contribution in [0.25, 0.3) is 0 Å². The van der Waals surface area contributed by atoms with Gasteiger partial charge in [-0.25, -0.2) is 9.59 Å². The molecule has 0 amide bonds. The van der Waals surface area contributed by atoms with Crippen LogP contribution in [-0.2, 0) is 28.5 Å². The van der Waals surface area contributed by atoms with Gasteiger partial charge in [-0.05, 0) is 30.9 Å². The van der Waals surface area contributed by atoms with Crippen LogP contribution < -0.4 is 0 Å². The summed E-state index contributed by atoms with van der Waals surface area (Å²) in [6.07, 6.45) is -0.596. The van der Waals surface area contributed by atoms with Crippen LogP contribution >= 0.6 is 0 Å². The Labute approximate surface area is 184 Å². The van der Waals surface area contributed by atoms with E-state index in [9.17, 15) is 9.59 Å². The second-order valence-corrected chi connectivity index (χ2v) is 7.31. The third kappa shape index (κ3) is 7.19. The second kappa shape index (κ2) is 12.9. The Balaban J connectivity index is 2.09. The monoisotopic (exact) mass is 428 g/mol. The Bertz CT molecular complexity index is 792. The fourth-order valence-corrected chi connectivity index (χ4v) is 3.32. The minimum atomic E-state index is -0.845. The van der Waals surface area contributed by atoms with Crippen LogP contribution in [0.5, 0.6) is 0 Å². The van der Waals surface area contributed by atoms with Gasteiger partial charge in [-0.1, -0.05) is 74.0 Å². The zero-order valence-electron chi connectivity index (χ0n) is 18.7. The predicted molar refractivity (Wildman–Crippen MR) is 117 cm³/mol. The molecule has 0 saturated carbocycles. The van der Waals surface area contributed by atoms with E-state index in [0.717, 1.165) is 12.8 Å². The maximum Gasteiger partial charge on any atom is 0.340 e. The summed E-state index contributed by atoms with van der Waals surface area (Å²) < 4.78 is 22.1. The summed E-state index contributed by atoms with van der Waals surface area (Å²) in [5.41, 5.74) is 1.41. The van der Waals surface area contributed by atoms with E-state index in [2.05, 4.69) is 0 Å². The van der Waals surface area contributed by atoms with E-state index in [4.69, 9.17) is 18.9 Å². The SMILES string of the molecule is CCCC[C@H](OC(=O)[C@@H](OC)c1ccccc1)[C@@H](C)OC(=O)[C@@H](OC)c1ccccc1. The van der Waals surface area contributed by atoms with Crippen LogP contribution in [0.1, 0.15) is 56.4 Å². The van der Waals surface area contributed by atoms with Gasteiger partial charge in [0, 0.05) is 14.2 Å². The zero-order valence-corrected chi connectivity index (χ0v) is 18.7. The standard InChI is InChI=1S/C25H32O6/c1-5-6-17-21(31-25(27)23(29-4)20-15-11-8-12-16-20)18(2)30-24(26)22(28-3)19-13-9-7-10-14-19/h7-16,18,21-23H,5-6,17H2,1-4H3/t18-,21+,22+,23+/m1/s1. The number of rotatable bonds is 12. The number of carbonyl (C=O) groups excluding carboxylic acids is 2.